The van der Waals surface area contributed by atoms with E-state index in [0.29, 0.717) is 23.9 Å². The Morgan fingerprint density at radius 3 is 2.90 bits per heavy atom. The highest BCUT2D eigenvalue weighted by Crippen LogP contribution is 2.23. The minimum atomic E-state index is -0.213. The molecule has 0 aromatic carbocycles. The van der Waals surface area contributed by atoms with Crippen LogP contribution in [-0.2, 0) is 0 Å². The first kappa shape index (κ1) is 15.8. The Labute approximate surface area is 125 Å². The van der Waals surface area contributed by atoms with Crippen LogP contribution < -0.4 is 10.1 Å². The van der Waals surface area contributed by atoms with Gasteiger partial charge in [0.2, 0.25) is 5.88 Å². The molecule has 1 aromatic rings. The lowest BCUT2D eigenvalue weighted by Gasteiger charge is -2.25. The number of carbonyl (C=O) groups excluding carboxylic acids is 1. The Morgan fingerprint density at radius 2 is 2.29 bits per heavy atom. The first-order chi connectivity index (χ1) is 10.0. The lowest BCUT2D eigenvalue weighted by molar-refractivity contribution is 0.0873. The summed E-state index contributed by atoms with van der Waals surface area (Å²) in [6.07, 6.45) is 5.14. The molecule has 1 heterocycles. The van der Waals surface area contributed by atoms with E-state index in [1.54, 1.807) is 12.1 Å². The fourth-order valence-electron chi connectivity index (χ4n) is 2.61. The molecule has 116 valence electrons. The maximum Gasteiger partial charge on any atom is 0.252 e. The Hall–Kier alpha value is -1.62. The van der Waals surface area contributed by atoms with E-state index >= 15 is 0 Å². The highest BCUT2D eigenvalue weighted by atomic mass is 16.5. The molecule has 5 heteroatoms. The van der Waals surface area contributed by atoms with Crippen LogP contribution in [0.2, 0.25) is 0 Å². The maximum atomic E-state index is 12.0. The molecule has 2 unspecified atom stereocenters. The van der Waals surface area contributed by atoms with Crippen LogP contribution in [-0.4, -0.2) is 34.8 Å². The van der Waals surface area contributed by atoms with Gasteiger partial charge >= 0.3 is 0 Å². The van der Waals surface area contributed by atoms with E-state index in [2.05, 4.69) is 10.3 Å². The molecule has 1 fully saturated rings. The van der Waals surface area contributed by atoms with Gasteiger partial charge in [0, 0.05) is 18.8 Å². The number of carbonyl (C=O) groups is 1. The summed E-state index contributed by atoms with van der Waals surface area (Å²) in [6, 6.07) is 3.43. The van der Waals surface area contributed by atoms with Gasteiger partial charge in [-0.05, 0) is 45.1 Å². The highest BCUT2D eigenvalue weighted by Gasteiger charge is 2.20. The van der Waals surface area contributed by atoms with Crippen LogP contribution in [0, 0.1) is 5.92 Å². The van der Waals surface area contributed by atoms with E-state index in [9.17, 15) is 9.90 Å². The molecule has 5 nitrogen and oxygen atoms in total. The zero-order valence-corrected chi connectivity index (χ0v) is 12.7. The number of rotatable bonds is 5. The van der Waals surface area contributed by atoms with Crippen molar-refractivity contribution in [1.29, 1.82) is 0 Å². The zero-order chi connectivity index (χ0) is 15.2. The summed E-state index contributed by atoms with van der Waals surface area (Å²) in [7, 11) is 0. The molecule has 2 N–H and O–H groups in total. The predicted molar refractivity (Wildman–Crippen MR) is 80.3 cm³/mol. The fourth-order valence-corrected chi connectivity index (χ4v) is 2.61. The molecule has 0 bridgehead atoms. The number of aliphatic hydroxyl groups excluding tert-OH is 1. The predicted octanol–water partition coefficient (Wildman–Crippen LogP) is 2.15. The topological polar surface area (TPSA) is 71.5 Å². The van der Waals surface area contributed by atoms with E-state index in [1.165, 1.54) is 6.20 Å². The number of amides is 1. The molecule has 1 saturated carbocycles. The van der Waals surface area contributed by atoms with Crippen LogP contribution in [0.4, 0.5) is 0 Å². The fraction of sp³-hybridized carbons (Fsp3) is 0.625. The summed E-state index contributed by atoms with van der Waals surface area (Å²) in [5, 5.41) is 12.5. The van der Waals surface area contributed by atoms with Gasteiger partial charge in [-0.15, -0.1) is 0 Å². The third-order valence-corrected chi connectivity index (χ3v) is 3.66. The van der Waals surface area contributed by atoms with Gasteiger partial charge in [-0.3, -0.25) is 4.79 Å². The molecule has 2 atom stereocenters. The van der Waals surface area contributed by atoms with Crippen LogP contribution in [0.3, 0.4) is 0 Å². The summed E-state index contributed by atoms with van der Waals surface area (Å²) in [6.45, 7) is 4.47. The third kappa shape index (κ3) is 5.01. The van der Waals surface area contributed by atoms with Gasteiger partial charge in [0.05, 0.1) is 17.8 Å². The summed E-state index contributed by atoms with van der Waals surface area (Å²) in [5.41, 5.74) is 0.530. The molecule has 0 aliphatic heterocycles. The van der Waals surface area contributed by atoms with Gasteiger partial charge in [-0.1, -0.05) is 6.42 Å². The number of pyridine rings is 1. The van der Waals surface area contributed by atoms with Crippen molar-refractivity contribution < 1.29 is 14.6 Å². The third-order valence-electron chi connectivity index (χ3n) is 3.66. The first-order valence-electron chi connectivity index (χ1n) is 7.63. The largest absolute Gasteiger partial charge is 0.475 e. The van der Waals surface area contributed by atoms with Crippen molar-refractivity contribution in [2.75, 3.05) is 6.54 Å². The minimum Gasteiger partial charge on any atom is -0.475 e. The molecule has 1 aliphatic carbocycles. The normalized spacial score (nSPS) is 22.1. The average Bonchev–Trinajstić information content (AvgIpc) is 2.45. The quantitative estimate of drug-likeness (QED) is 0.872. The van der Waals surface area contributed by atoms with Gasteiger partial charge in [-0.25, -0.2) is 4.98 Å². The van der Waals surface area contributed by atoms with Crippen molar-refractivity contribution in [3.8, 4) is 5.88 Å². The minimum absolute atomic E-state index is 0.0647. The number of hydrogen-bond acceptors (Lipinski definition) is 4. The number of aliphatic hydroxyl groups is 1. The van der Waals surface area contributed by atoms with Crippen LogP contribution in [0.15, 0.2) is 18.3 Å². The van der Waals surface area contributed by atoms with Gasteiger partial charge in [0.25, 0.3) is 5.91 Å². The Kier molecular flexibility index (Phi) is 5.56. The second kappa shape index (κ2) is 7.41. The number of hydrogen-bond donors (Lipinski definition) is 2. The molecule has 2 rings (SSSR count). The van der Waals surface area contributed by atoms with Crippen LogP contribution in [0.25, 0.3) is 0 Å². The summed E-state index contributed by atoms with van der Waals surface area (Å²) in [5.74, 6) is 0.768. The SMILES string of the molecule is CC(C)Oc1ccc(C(=O)NCC2CCCC(O)C2)cn1. The first-order valence-corrected chi connectivity index (χ1v) is 7.63. The molecule has 21 heavy (non-hydrogen) atoms. The second-order valence-electron chi connectivity index (χ2n) is 5.95. The van der Waals surface area contributed by atoms with Gasteiger partial charge in [0.1, 0.15) is 0 Å². The van der Waals surface area contributed by atoms with Crippen molar-refractivity contribution in [2.45, 2.75) is 51.7 Å². The molecular formula is C16H24N2O3. The molecule has 1 aliphatic rings. The maximum absolute atomic E-state index is 12.0. The van der Waals surface area contributed by atoms with Crippen molar-refractivity contribution in [1.82, 2.24) is 10.3 Å². The second-order valence-corrected chi connectivity index (χ2v) is 5.95. The summed E-state index contributed by atoms with van der Waals surface area (Å²) < 4.78 is 5.45. The lowest BCUT2D eigenvalue weighted by Crippen LogP contribution is -2.33. The highest BCUT2D eigenvalue weighted by molar-refractivity contribution is 5.93. The van der Waals surface area contributed by atoms with Crippen LogP contribution in [0.5, 0.6) is 5.88 Å². The standard InChI is InChI=1S/C16H24N2O3/c1-11(2)21-15-7-6-13(10-17-15)16(20)18-9-12-4-3-5-14(19)8-12/h6-7,10-12,14,19H,3-5,8-9H2,1-2H3,(H,18,20). The van der Waals surface area contributed by atoms with Crippen LogP contribution in [0.1, 0.15) is 49.9 Å². The molecule has 1 amide bonds. The van der Waals surface area contributed by atoms with E-state index < -0.39 is 0 Å². The molecule has 0 radical (unpaired) electrons. The Balaban J connectivity index is 1.82. The van der Waals surface area contributed by atoms with Gasteiger partial charge < -0.3 is 15.2 Å². The molecular weight excluding hydrogens is 268 g/mol. The average molecular weight is 292 g/mol. The van der Waals surface area contributed by atoms with E-state index in [0.717, 1.165) is 25.7 Å². The smallest absolute Gasteiger partial charge is 0.252 e. The van der Waals surface area contributed by atoms with E-state index in [-0.39, 0.29) is 18.1 Å². The molecule has 0 saturated heterocycles. The number of nitrogens with one attached hydrogen (secondary N) is 1. The van der Waals surface area contributed by atoms with E-state index in [4.69, 9.17) is 4.74 Å². The van der Waals surface area contributed by atoms with Crippen molar-refractivity contribution >= 4 is 5.91 Å². The summed E-state index contributed by atoms with van der Waals surface area (Å²) >= 11 is 0. The van der Waals surface area contributed by atoms with Gasteiger partial charge in [-0.2, -0.15) is 0 Å². The van der Waals surface area contributed by atoms with Crippen molar-refractivity contribution in [3.63, 3.8) is 0 Å². The molecule has 1 aromatic heterocycles. The number of aromatic nitrogens is 1. The van der Waals surface area contributed by atoms with Crippen LogP contribution >= 0.6 is 0 Å². The van der Waals surface area contributed by atoms with E-state index in [1.807, 2.05) is 13.8 Å². The lowest BCUT2D eigenvalue weighted by atomic mass is 9.87. The molecule has 0 spiro atoms. The van der Waals surface area contributed by atoms with Crippen molar-refractivity contribution in [2.24, 2.45) is 5.92 Å². The zero-order valence-electron chi connectivity index (χ0n) is 12.7. The monoisotopic (exact) mass is 292 g/mol. The van der Waals surface area contributed by atoms with Gasteiger partial charge in [0.15, 0.2) is 0 Å². The Bertz CT molecular complexity index is 459. The Morgan fingerprint density at radius 1 is 1.48 bits per heavy atom. The van der Waals surface area contributed by atoms with Crippen molar-refractivity contribution in [3.05, 3.63) is 23.9 Å². The number of ether oxygens (including phenoxy) is 1. The summed E-state index contributed by atoms with van der Waals surface area (Å²) in [4.78, 5) is 16.2. The number of nitrogens with zero attached hydrogens (tertiary/aromatic N) is 1.